The molecule has 0 radical (unpaired) electrons. The number of urea groups is 1. The van der Waals surface area contributed by atoms with Gasteiger partial charge in [-0.2, -0.15) is 0 Å². The first-order chi connectivity index (χ1) is 11.1. The van der Waals surface area contributed by atoms with E-state index in [1.807, 2.05) is 54.6 Å². The van der Waals surface area contributed by atoms with E-state index in [0.29, 0.717) is 6.54 Å². The molecule has 0 saturated carbocycles. The highest BCUT2D eigenvalue weighted by atomic mass is 127. The number of hydrogen-bond donors (Lipinski definition) is 3. The van der Waals surface area contributed by atoms with Crippen molar-refractivity contribution in [3.63, 3.8) is 0 Å². The van der Waals surface area contributed by atoms with Gasteiger partial charge in [-0.25, -0.2) is 4.79 Å². The average Bonchev–Trinajstić information content (AvgIpc) is 2.53. The number of imide groups is 1. The first-order valence-electron chi connectivity index (χ1n) is 7.26. The first-order valence-corrected chi connectivity index (χ1v) is 8.33. The van der Waals surface area contributed by atoms with Crippen LogP contribution in [0.5, 0.6) is 0 Å². The lowest BCUT2D eigenvalue weighted by Gasteiger charge is -2.19. The fraction of sp³-hybridized carbons (Fsp3) is 0.176. The molecular weight excluding hydrogens is 405 g/mol. The number of nitrogens with one attached hydrogen (secondary N) is 3. The van der Waals surface area contributed by atoms with Gasteiger partial charge in [-0.1, -0.05) is 36.4 Å². The smallest absolute Gasteiger partial charge is 0.321 e. The van der Waals surface area contributed by atoms with E-state index in [9.17, 15) is 9.59 Å². The van der Waals surface area contributed by atoms with Gasteiger partial charge in [0.25, 0.3) is 5.91 Å². The number of halogens is 1. The Morgan fingerprint density at radius 2 is 1.83 bits per heavy atom. The van der Waals surface area contributed by atoms with Crippen molar-refractivity contribution < 1.29 is 9.59 Å². The number of rotatable bonds is 5. The van der Waals surface area contributed by atoms with Crippen LogP contribution in [0.4, 0.5) is 10.5 Å². The van der Waals surface area contributed by atoms with Gasteiger partial charge in [0.15, 0.2) is 0 Å². The molecule has 0 bridgehead atoms. The molecule has 0 spiro atoms. The number of carbonyl (C=O) groups is 2. The van der Waals surface area contributed by atoms with Crippen LogP contribution < -0.4 is 16.0 Å². The molecule has 0 heterocycles. The summed E-state index contributed by atoms with van der Waals surface area (Å²) in [7, 11) is 0. The van der Waals surface area contributed by atoms with Crippen LogP contribution in [0.15, 0.2) is 54.6 Å². The highest BCUT2D eigenvalue weighted by molar-refractivity contribution is 14.1. The predicted octanol–water partition coefficient (Wildman–Crippen LogP) is 3.29. The molecule has 5 nitrogen and oxygen atoms in total. The first kappa shape index (κ1) is 17.3. The second-order valence-corrected chi connectivity index (χ2v) is 6.09. The molecule has 2 rings (SSSR count). The number of anilines is 1. The van der Waals surface area contributed by atoms with E-state index in [1.54, 1.807) is 6.92 Å². The second kappa shape index (κ2) is 8.52. The van der Waals surface area contributed by atoms with Crippen molar-refractivity contribution in [2.45, 2.75) is 13.0 Å². The van der Waals surface area contributed by atoms with Crippen LogP contribution in [0.25, 0.3) is 0 Å². The second-order valence-electron chi connectivity index (χ2n) is 4.85. The Bertz CT molecular complexity index is 677. The van der Waals surface area contributed by atoms with E-state index in [4.69, 9.17) is 0 Å². The third kappa shape index (κ3) is 5.24. The summed E-state index contributed by atoms with van der Waals surface area (Å²) in [6.07, 6.45) is 0. The third-order valence-electron chi connectivity index (χ3n) is 3.10. The van der Waals surface area contributed by atoms with Gasteiger partial charge in [-0.3, -0.25) is 10.1 Å². The Hall–Kier alpha value is -2.09. The maximum Gasteiger partial charge on any atom is 0.321 e. The summed E-state index contributed by atoms with van der Waals surface area (Å²) >= 11 is 2.21. The van der Waals surface area contributed by atoms with Gasteiger partial charge in [0.05, 0.1) is 0 Å². The monoisotopic (exact) mass is 423 g/mol. The molecule has 3 amide bonds. The maximum absolute atomic E-state index is 12.5. The Kier molecular flexibility index (Phi) is 6.40. The molecular formula is C17H18IN3O2. The summed E-state index contributed by atoms with van der Waals surface area (Å²) in [6.45, 7) is 2.25. The molecule has 23 heavy (non-hydrogen) atoms. The third-order valence-corrected chi connectivity index (χ3v) is 3.78. The molecule has 0 aromatic heterocycles. The summed E-state index contributed by atoms with van der Waals surface area (Å²) in [4.78, 5) is 24.1. The molecule has 0 fully saturated rings. The zero-order valence-corrected chi connectivity index (χ0v) is 14.8. The lowest BCUT2D eigenvalue weighted by atomic mass is 10.1. The zero-order valence-electron chi connectivity index (χ0n) is 12.7. The normalized spacial score (nSPS) is 11.4. The molecule has 1 atom stereocenters. The van der Waals surface area contributed by atoms with Crippen molar-refractivity contribution in [1.29, 1.82) is 0 Å². The molecule has 0 aliphatic heterocycles. The Balaban J connectivity index is 2.22. The topological polar surface area (TPSA) is 70.2 Å². The number of hydrogen-bond acceptors (Lipinski definition) is 3. The van der Waals surface area contributed by atoms with E-state index in [-0.39, 0.29) is 0 Å². The lowest BCUT2D eigenvalue weighted by Crippen LogP contribution is -2.43. The van der Waals surface area contributed by atoms with Gasteiger partial charge in [0, 0.05) is 15.8 Å². The number of amides is 3. The van der Waals surface area contributed by atoms with E-state index in [2.05, 4.69) is 38.5 Å². The molecule has 0 aliphatic rings. The van der Waals surface area contributed by atoms with Crippen LogP contribution >= 0.6 is 22.6 Å². The van der Waals surface area contributed by atoms with Crippen LogP contribution in [0.3, 0.4) is 0 Å². The minimum Gasteiger partial charge on any atom is -0.370 e. The lowest BCUT2D eigenvalue weighted by molar-refractivity contribution is -0.120. The zero-order chi connectivity index (χ0) is 16.7. The van der Waals surface area contributed by atoms with Crippen molar-refractivity contribution in [3.05, 3.63) is 63.7 Å². The molecule has 0 aliphatic carbocycles. The standard InChI is InChI=1S/C17H18IN3O2/c1-2-19-17(23)21-16(22)15(12-7-4-3-5-8-12)20-14-10-6-9-13(18)11-14/h3-11,15,20H,2H2,1H3,(H2,19,21,22,23). The van der Waals surface area contributed by atoms with Crippen molar-refractivity contribution in [1.82, 2.24) is 10.6 Å². The Labute approximate surface area is 149 Å². The minimum atomic E-state index is -0.656. The SMILES string of the molecule is CCNC(=O)NC(=O)C(Nc1cccc(I)c1)c1ccccc1. The van der Waals surface area contributed by atoms with Crippen LogP contribution in [-0.2, 0) is 4.79 Å². The van der Waals surface area contributed by atoms with Gasteiger partial charge in [0.1, 0.15) is 6.04 Å². The van der Waals surface area contributed by atoms with Gasteiger partial charge in [-0.15, -0.1) is 0 Å². The Morgan fingerprint density at radius 1 is 1.09 bits per heavy atom. The largest absolute Gasteiger partial charge is 0.370 e. The van der Waals surface area contributed by atoms with Crippen molar-refractivity contribution >= 4 is 40.2 Å². The molecule has 6 heteroatoms. The molecule has 0 saturated heterocycles. The Morgan fingerprint density at radius 3 is 2.48 bits per heavy atom. The molecule has 3 N–H and O–H groups in total. The highest BCUT2D eigenvalue weighted by Crippen LogP contribution is 2.21. The fourth-order valence-electron chi connectivity index (χ4n) is 2.08. The van der Waals surface area contributed by atoms with Gasteiger partial charge in [0.2, 0.25) is 0 Å². The summed E-state index contributed by atoms with van der Waals surface area (Å²) < 4.78 is 1.06. The molecule has 2 aromatic rings. The van der Waals surface area contributed by atoms with Crippen LogP contribution in [0, 0.1) is 3.57 Å². The molecule has 120 valence electrons. The van der Waals surface area contributed by atoms with Gasteiger partial charge in [-0.05, 0) is 53.3 Å². The van der Waals surface area contributed by atoms with E-state index < -0.39 is 18.0 Å². The summed E-state index contributed by atoms with van der Waals surface area (Å²) in [6, 6.07) is 15.9. The average molecular weight is 423 g/mol. The maximum atomic E-state index is 12.5. The van der Waals surface area contributed by atoms with E-state index in [1.165, 1.54) is 0 Å². The predicted molar refractivity (Wildman–Crippen MR) is 99.2 cm³/mol. The van der Waals surface area contributed by atoms with Crippen molar-refractivity contribution in [3.8, 4) is 0 Å². The number of benzene rings is 2. The summed E-state index contributed by atoms with van der Waals surface area (Å²) in [5.74, 6) is -0.402. The van der Waals surface area contributed by atoms with Crippen LogP contribution in [-0.4, -0.2) is 18.5 Å². The highest BCUT2D eigenvalue weighted by Gasteiger charge is 2.22. The number of carbonyl (C=O) groups excluding carboxylic acids is 2. The van der Waals surface area contributed by atoms with Gasteiger partial charge < -0.3 is 10.6 Å². The van der Waals surface area contributed by atoms with Crippen LogP contribution in [0.2, 0.25) is 0 Å². The molecule has 2 aromatic carbocycles. The minimum absolute atomic E-state index is 0.402. The van der Waals surface area contributed by atoms with Crippen molar-refractivity contribution in [2.75, 3.05) is 11.9 Å². The summed E-state index contributed by atoms with van der Waals surface area (Å²) in [5.41, 5.74) is 1.60. The van der Waals surface area contributed by atoms with Crippen molar-refractivity contribution in [2.24, 2.45) is 0 Å². The fourth-order valence-corrected chi connectivity index (χ4v) is 2.62. The van der Waals surface area contributed by atoms with E-state index in [0.717, 1.165) is 14.8 Å². The van der Waals surface area contributed by atoms with Gasteiger partial charge >= 0.3 is 6.03 Å². The summed E-state index contributed by atoms with van der Waals surface area (Å²) in [5, 5.41) is 8.10. The van der Waals surface area contributed by atoms with Crippen LogP contribution in [0.1, 0.15) is 18.5 Å². The van der Waals surface area contributed by atoms with E-state index >= 15 is 0 Å². The quantitative estimate of drug-likeness (QED) is 0.647. The molecule has 1 unspecified atom stereocenters.